The molecule has 1 N–H and O–H groups in total. The summed E-state index contributed by atoms with van der Waals surface area (Å²) in [6, 6.07) is 6.58. The third-order valence-corrected chi connectivity index (χ3v) is 6.27. The Morgan fingerprint density at radius 1 is 1.24 bits per heavy atom. The molecule has 34 heavy (non-hydrogen) atoms. The summed E-state index contributed by atoms with van der Waals surface area (Å²) in [5.74, 6) is -0.666. The minimum absolute atomic E-state index is 0.0725. The highest BCUT2D eigenvalue weighted by Gasteiger charge is 2.32. The molecule has 0 aliphatic carbocycles. The molecule has 0 spiro atoms. The van der Waals surface area contributed by atoms with Gasteiger partial charge in [0, 0.05) is 25.8 Å². The highest BCUT2D eigenvalue weighted by Crippen LogP contribution is 2.36. The average Bonchev–Trinajstić information content (AvgIpc) is 2.83. The molecular formula is C22H22F3N5O3S. The number of carbonyl (C=O) groups is 1. The summed E-state index contributed by atoms with van der Waals surface area (Å²) in [6.07, 6.45) is -3.02. The summed E-state index contributed by atoms with van der Waals surface area (Å²) in [4.78, 5) is 35.8. The Balaban J connectivity index is 1.56. The molecule has 3 aromatic rings. The number of hydrogen-bond acceptors (Lipinski definition) is 7. The van der Waals surface area contributed by atoms with Crippen LogP contribution in [0.2, 0.25) is 0 Å². The molecule has 1 aliphatic heterocycles. The first kappa shape index (κ1) is 24.0. The van der Waals surface area contributed by atoms with E-state index in [2.05, 4.69) is 15.3 Å². The zero-order chi connectivity index (χ0) is 24.3. The summed E-state index contributed by atoms with van der Waals surface area (Å²) in [5.41, 5.74) is -0.283. The maximum absolute atomic E-state index is 13.3. The molecule has 0 saturated carbocycles. The SMILES string of the molecule is CCn1c(SCC(=O)Nc2cc(C(F)(F)F)ccc2N2CCOCC2)nc2ncccc2c1=O. The molecule has 4 rings (SSSR count). The fourth-order valence-electron chi connectivity index (χ4n) is 3.63. The molecule has 0 radical (unpaired) electrons. The molecule has 2 aromatic heterocycles. The van der Waals surface area contributed by atoms with Crippen LogP contribution in [0, 0.1) is 0 Å². The minimum atomic E-state index is -4.54. The first-order valence-corrected chi connectivity index (χ1v) is 11.6. The van der Waals surface area contributed by atoms with Gasteiger partial charge in [0.05, 0.1) is 41.3 Å². The molecule has 0 bridgehead atoms. The number of halogens is 3. The predicted molar refractivity (Wildman–Crippen MR) is 123 cm³/mol. The number of carbonyl (C=O) groups excluding carboxylic acids is 1. The zero-order valence-electron chi connectivity index (χ0n) is 18.3. The topological polar surface area (TPSA) is 89.3 Å². The van der Waals surface area contributed by atoms with E-state index in [0.717, 1.165) is 23.9 Å². The largest absolute Gasteiger partial charge is 0.416 e. The summed E-state index contributed by atoms with van der Waals surface area (Å²) in [5, 5.41) is 3.29. The Bertz CT molecular complexity index is 1260. The van der Waals surface area contributed by atoms with Crippen LogP contribution in [0.1, 0.15) is 12.5 Å². The van der Waals surface area contributed by atoms with Crippen LogP contribution in [0.4, 0.5) is 24.5 Å². The molecule has 3 heterocycles. The van der Waals surface area contributed by atoms with Gasteiger partial charge in [-0.25, -0.2) is 9.97 Å². The number of morpholine rings is 1. The molecule has 1 saturated heterocycles. The Morgan fingerprint density at radius 3 is 2.71 bits per heavy atom. The van der Waals surface area contributed by atoms with Crippen LogP contribution < -0.4 is 15.8 Å². The van der Waals surface area contributed by atoms with Gasteiger partial charge in [0.15, 0.2) is 10.8 Å². The second kappa shape index (κ2) is 10.0. The van der Waals surface area contributed by atoms with Gasteiger partial charge in [0.1, 0.15) is 0 Å². The molecule has 1 aliphatic rings. The Kier molecular flexibility index (Phi) is 7.08. The van der Waals surface area contributed by atoms with E-state index in [-0.39, 0.29) is 22.6 Å². The Morgan fingerprint density at radius 2 is 2.00 bits per heavy atom. The van der Waals surface area contributed by atoms with Crippen molar-refractivity contribution in [1.29, 1.82) is 0 Å². The highest BCUT2D eigenvalue weighted by molar-refractivity contribution is 7.99. The van der Waals surface area contributed by atoms with Gasteiger partial charge >= 0.3 is 6.18 Å². The Hall–Kier alpha value is -3.12. The van der Waals surface area contributed by atoms with Crippen LogP contribution in [0.5, 0.6) is 0 Å². The van der Waals surface area contributed by atoms with E-state index in [9.17, 15) is 22.8 Å². The van der Waals surface area contributed by atoms with Gasteiger partial charge in [-0.1, -0.05) is 11.8 Å². The number of alkyl halides is 3. The monoisotopic (exact) mass is 493 g/mol. The van der Waals surface area contributed by atoms with E-state index in [0.29, 0.717) is 49.1 Å². The lowest BCUT2D eigenvalue weighted by Crippen LogP contribution is -2.37. The Labute approximate surface area is 197 Å². The smallest absolute Gasteiger partial charge is 0.378 e. The molecule has 8 nitrogen and oxygen atoms in total. The third-order valence-electron chi connectivity index (χ3n) is 5.29. The van der Waals surface area contributed by atoms with Crippen LogP contribution in [0.25, 0.3) is 11.0 Å². The molecular weight excluding hydrogens is 471 g/mol. The summed E-state index contributed by atoms with van der Waals surface area (Å²) >= 11 is 1.02. The molecule has 180 valence electrons. The number of aromatic nitrogens is 3. The fraction of sp³-hybridized carbons (Fsp3) is 0.364. The molecule has 1 amide bonds. The lowest BCUT2D eigenvalue weighted by atomic mass is 10.1. The van der Waals surface area contributed by atoms with Crippen molar-refractivity contribution < 1.29 is 22.7 Å². The maximum Gasteiger partial charge on any atom is 0.416 e. The summed E-state index contributed by atoms with van der Waals surface area (Å²) in [6.45, 7) is 4.02. The van der Waals surface area contributed by atoms with E-state index in [1.807, 2.05) is 4.90 Å². The summed E-state index contributed by atoms with van der Waals surface area (Å²) in [7, 11) is 0. The van der Waals surface area contributed by atoms with Crippen molar-refractivity contribution in [2.75, 3.05) is 42.3 Å². The van der Waals surface area contributed by atoms with E-state index >= 15 is 0 Å². The van der Waals surface area contributed by atoms with Crippen LogP contribution in [-0.4, -0.2) is 52.5 Å². The normalized spacial score (nSPS) is 14.4. The average molecular weight is 494 g/mol. The first-order valence-electron chi connectivity index (χ1n) is 10.6. The number of ether oxygens (including phenoxy) is 1. The molecule has 0 unspecified atom stereocenters. The van der Waals surface area contributed by atoms with E-state index < -0.39 is 17.6 Å². The number of benzene rings is 1. The maximum atomic E-state index is 13.3. The number of nitrogens with zero attached hydrogens (tertiary/aromatic N) is 4. The van der Waals surface area contributed by atoms with Crippen molar-refractivity contribution in [3.63, 3.8) is 0 Å². The van der Waals surface area contributed by atoms with Crippen LogP contribution in [0.15, 0.2) is 46.5 Å². The molecule has 1 aromatic carbocycles. The third kappa shape index (κ3) is 5.17. The van der Waals surface area contributed by atoms with Crippen LogP contribution in [0.3, 0.4) is 0 Å². The molecule has 12 heteroatoms. The number of thioether (sulfide) groups is 1. The van der Waals surface area contributed by atoms with Gasteiger partial charge in [-0.15, -0.1) is 0 Å². The van der Waals surface area contributed by atoms with Gasteiger partial charge < -0.3 is 15.0 Å². The minimum Gasteiger partial charge on any atom is -0.378 e. The molecule has 1 fully saturated rings. The number of pyridine rings is 1. The van der Waals surface area contributed by atoms with E-state index in [1.54, 1.807) is 19.1 Å². The van der Waals surface area contributed by atoms with Gasteiger partial charge in [-0.05, 0) is 37.3 Å². The van der Waals surface area contributed by atoms with Gasteiger partial charge in [0.2, 0.25) is 5.91 Å². The highest BCUT2D eigenvalue weighted by atomic mass is 32.2. The number of nitrogens with one attached hydrogen (secondary N) is 1. The summed E-state index contributed by atoms with van der Waals surface area (Å²) < 4.78 is 46.7. The zero-order valence-corrected chi connectivity index (χ0v) is 19.1. The van der Waals surface area contributed by atoms with Gasteiger partial charge in [-0.3, -0.25) is 14.2 Å². The number of fused-ring (bicyclic) bond motifs is 1. The van der Waals surface area contributed by atoms with Crippen molar-refractivity contribution in [3.8, 4) is 0 Å². The first-order chi connectivity index (χ1) is 16.3. The second-order valence-corrected chi connectivity index (χ2v) is 8.43. The van der Waals surface area contributed by atoms with Crippen molar-refractivity contribution in [3.05, 3.63) is 52.4 Å². The second-order valence-electron chi connectivity index (χ2n) is 7.48. The predicted octanol–water partition coefficient (Wildman–Crippen LogP) is 3.40. The van der Waals surface area contributed by atoms with E-state index in [1.165, 1.54) is 16.8 Å². The standard InChI is InChI=1S/C22H22F3N5O3S/c1-2-30-20(32)15-4-3-7-26-19(15)28-21(30)34-13-18(31)27-16-12-14(22(23,24)25)5-6-17(16)29-8-10-33-11-9-29/h3-7,12H,2,8-11,13H2,1H3,(H,27,31). The van der Waals surface area contributed by atoms with Crippen LogP contribution >= 0.6 is 11.8 Å². The lowest BCUT2D eigenvalue weighted by molar-refractivity contribution is -0.137. The number of anilines is 2. The van der Waals surface area contributed by atoms with Crippen molar-refractivity contribution in [1.82, 2.24) is 14.5 Å². The lowest BCUT2D eigenvalue weighted by Gasteiger charge is -2.31. The number of hydrogen-bond donors (Lipinski definition) is 1. The van der Waals surface area contributed by atoms with E-state index in [4.69, 9.17) is 4.74 Å². The van der Waals surface area contributed by atoms with Crippen LogP contribution in [-0.2, 0) is 22.3 Å². The number of rotatable bonds is 6. The number of amides is 1. The van der Waals surface area contributed by atoms with Gasteiger partial charge in [0.25, 0.3) is 5.56 Å². The fourth-order valence-corrected chi connectivity index (χ4v) is 4.49. The van der Waals surface area contributed by atoms with Crippen molar-refractivity contribution >= 4 is 40.1 Å². The van der Waals surface area contributed by atoms with Crippen molar-refractivity contribution in [2.45, 2.75) is 24.8 Å². The molecule has 0 atom stereocenters. The van der Waals surface area contributed by atoms with Crippen molar-refractivity contribution in [2.24, 2.45) is 0 Å². The quantitative estimate of drug-likeness (QED) is 0.416. The van der Waals surface area contributed by atoms with Gasteiger partial charge in [-0.2, -0.15) is 13.2 Å².